The second-order valence-electron chi connectivity index (χ2n) is 8.09. The number of allylic oxidation sites excluding steroid dienone is 1. The number of rotatable bonds is 6. The lowest BCUT2D eigenvalue weighted by Gasteiger charge is -2.36. The molecule has 11 nitrogen and oxygen atoms in total. The first-order chi connectivity index (χ1) is 16.2. The van der Waals surface area contributed by atoms with Gasteiger partial charge in [0.25, 0.3) is 0 Å². The van der Waals surface area contributed by atoms with Crippen LogP contribution in [0.25, 0.3) is 0 Å². The van der Waals surface area contributed by atoms with Crippen molar-refractivity contribution in [2.75, 3.05) is 51.8 Å². The molecule has 1 aromatic heterocycles. The summed E-state index contributed by atoms with van der Waals surface area (Å²) in [6.07, 6.45) is 3.75. The molecule has 1 atom stereocenters. The number of aliphatic imine (C=N–C) groups is 1. The van der Waals surface area contributed by atoms with Crippen molar-refractivity contribution in [3.05, 3.63) is 40.9 Å². The van der Waals surface area contributed by atoms with Crippen LogP contribution in [0.15, 0.2) is 33.3 Å². The highest BCUT2D eigenvalue weighted by atomic mass is 16.5. The Bertz CT molecular complexity index is 1060. The van der Waals surface area contributed by atoms with E-state index in [0.717, 1.165) is 43.0 Å². The maximum atomic E-state index is 12.9. The molecule has 2 aromatic rings. The quantitative estimate of drug-likeness (QED) is 0.648. The number of methoxy groups -OCH3 is 2. The van der Waals surface area contributed by atoms with Gasteiger partial charge in [-0.25, -0.2) is 0 Å². The molecule has 0 saturated carbocycles. The molecule has 1 fully saturated rings. The molecule has 0 bridgehead atoms. The number of nitrogens with one attached hydrogen (secondary N) is 2. The highest BCUT2D eigenvalue weighted by molar-refractivity contribution is 5.90. The first kappa shape index (κ1) is 21.3. The third kappa shape index (κ3) is 4.23. The molecule has 3 aliphatic heterocycles. The zero-order chi connectivity index (χ0) is 22.8. The van der Waals surface area contributed by atoms with Crippen LogP contribution in [0.1, 0.15) is 21.8 Å². The number of aromatic nitrogens is 2. The molecule has 2 N–H and O–H groups in total. The van der Waals surface area contributed by atoms with E-state index >= 15 is 0 Å². The van der Waals surface area contributed by atoms with Crippen LogP contribution in [0.3, 0.4) is 0 Å². The van der Waals surface area contributed by atoms with Crippen LogP contribution in [-0.4, -0.2) is 80.2 Å². The number of dihydropyridines is 1. The fourth-order valence-electron chi connectivity index (χ4n) is 4.39. The summed E-state index contributed by atoms with van der Waals surface area (Å²) in [6.45, 7) is 5.24. The van der Waals surface area contributed by atoms with Crippen molar-refractivity contribution in [1.82, 2.24) is 25.7 Å². The number of carbonyl (C=O) groups is 1. The zero-order valence-electron chi connectivity index (χ0n) is 18.7. The van der Waals surface area contributed by atoms with Gasteiger partial charge in [0.05, 0.1) is 26.8 Å². The average Bonchev–Trinajstić information content (AvgIpc) is 3.51. The summed E-state index contributed by atoms with van der Waals surface area (Å²) in [5.74, 6) is 0.877. The van der Waals surface area contributed by atoms with E-state index in [1.807, 2.05) is 23.1 Å². The van der Waals surface area contributed by atoms with Gasteiger partial charge in [0.2, 0.25) is 0 Å². The van der Waals surface area contributed by atoms with Gasteiger partial charge in [-0.1, -0.05) is 5.10 Å². The van der Waals surface area contributed by atoms with Crippen LogP contribution in [0, 0.1) is 0 Å². The molecule has 33 heavy (non-hydrogen) atoms. The lowest BCUT2D eigenvalue weighted by atomic mass is 10.1. The predicted octanol–water partition coefficient (Wildman–Crippen LogP) is 0.579. The molecule has 1 saturated heterocycles. The number of ether oxygens (including phenoxy) is 2. The average molecular weight is 454 g/mol. The minimum atomic E-state index is -0.406. The number of carbonyl (C=O) groups excluding carboxylic acids is 1. The Morgan fingerprint density at radius 1 is 1.09 bits per heavy atom. The van der Waals surface area contributed by atoms with Gasteiger partial charge in [-0.05, 0) is 29.3 Å². The van der Waals surface area contributed by atoms with E-state index in [1.54, 1.807) is 20.4 Å². The largest absolute Gasteiger partial charge is 0.493 e. The summed E-state index contributed by atoms with van der Waals surface area (Å²) in [5.41, 5.74) is 3.22. The van der Waals surface area contributed by atoms with Crippen molar-refractivity contribution in [2.45, 2.75) is 19.1 Å². The molecule has 5 rings (SSSR count). The van der Waals surface area contributed by atoms with Gasteiger partial charge >= 0.3 is 17.8 Å². The van der Waals surface area contributed by atoms with Crippen LogP contribution in [-0.2, 0) is 13.1 Å². The fourth-order valence-corrected chi connectivity index (χ4v) is 4.39. The first-order valence-electron chi connectivity index (χ1n) is 10.9. The summed E-state index contributed by atoms with van der Waals surface area (Å²) in [4.78, 5) is 21.4. The van der Waals surface area contributed by atoms with Gasteiger partial charge in [0, 0.05) is 51.2 Å². The predicted molar refractivity (Wildman–Crippen MR) is 121 cm³/mol. The zero-order valence-corrected chi connectivity index (χ0v) is 18.7. The third-order valence-corrected chi connectivity index (χ3v) is 6.09. The van der Waals surface area contributed by atoms with Crippen LogP contribution in [0.4, 0.5) is 6.01 Å². The number of amides is 1. The number of fused-ring (bicyclic) bond motifs is 1. The molecule has 0 spiro atoms. The van der Waals surface area contributed by atoms with Gasteiger partial charge < -0.3 is 34.3 Å². The van der Waals surface area contributed by atoms with Crippen molar-refractivity contribution < 1.29 is 18.7 Å². The normalized spacial score (nSPS) is 19.8. The highest BCUT2D eigenvalue weighted by Crippen LogP contribution is 2.36. The second kappa shape index (κ2) is 9.10. The van der Waals surface area contributed by atoms with E-state index in [2.05, 4.69) is 30.7 Å². The number of hydrogen-bond acceptors (Lipinski definition) is 10. The van der Waals surface area contributed by atoms with Crippen LogP contribution < -0.4 is 25.0 Å². The van der Waals surface area contributed by atoms with Crippen molar-refractivity contribution >= 4 is 18.1 Å². The van der Waals surface area contributed by atoms with Crippen molar-refractivity contribution in [2.24, 2.45) is 4.99 Å². The van der Waals surface area contributed by atoms with E-state index in [4.69, 9.17) is 13.9 Å². The number of nitrogens with zero attached hydrogens (tertiary/aromatic N) is 5. The molecule has 3 aliphatic rings. The van der Waals surface area contributed by atoms with Crippen LogP contribution >= 0.6 is 0 Å². The monoisotopic (exact) mass is 453 g/mol. The fraction of sp³-hybridized carbons (Fsp3) is 0.455. The minimum absolute atomic E-state index is 0.0645. The molecular formula is C22H27N7O4. The maximum Gasteiger partial charge on any atom is 0.319 e. The Hall–Kier alpha value is -3.60. The molecule has 1 unspecified atom stereocenters. The Morgan fingerprint density at radius 2 is 1.79 bits per heavy atom. The summed E-state index contributed by atoms with van der Waals surface area (Å²) < 4.78 is 16.5. The topological polar surface area (TPSA) is 117 Å². The summed E-state index contributed by atoms with van der Waals surface area (Å²) >= 11 is 0. The highest BCUT2D eigenvalue weighted by Gasteiger charge is 2.29. The SMILES string of the molecule is COc1cc2c(cc1OC)CN(c1nnc(C(=O)NC3CN=CC=C3N3CCNCC3)o1)C2. The van der Waals surface area contributed by atoms with Gasteiger partial charge in [0.1, 0.15) is 0 Å². The molecule has 0 radical (unpaired) electrons. The number of hydrogen-bond donors (Lipinski definition) is 2. The van der Waals surface area contributed by atoms with Crippen molar-refractivity contribution in [3.63, 3.8) is 0 Å². The maximum absolute atomic E-state index is 12.9. The molecular weight excluding hydrogens is 426 g/mol. The number of anilines is 1. The van der Waals surface area contributed by atoms with E-state index in [0.29, 0.717) is 37.1 Å². The molecule has 0 aliphatic carbocycles. The molecule has 4 heterocycles. The second-order valence-corrected chi connectivity index (χ2v) is 8.09. The van der Waals surface area contributed by atoms with Gasteiger partial charge in [-0.15, -0.1) is 5.10 Å². The first-order valence-corrected chi connectivity index (χ1v) is 10.9. The standard InChI is InChI=1S/C22H27N7O4/c1-31-18-9-14-12-29(13-15(14)10-19(18)32-2)22-27-26-21(33-22)20(30)25-16-11-24-4-3-17(16)28-7-5-23-6-8-28/h3-4,9-10,16,23H,5-8,11-13H2,1-2H3,(H,25,30). The third-order valence-electron chi connectivity index (χ3n) is 6.09. The van der Waals surface area contributed by atoms with E-state index < -0.39 is 5.91 Å². The Labute approximate surface area is 191 Å². The number of piperazine rings is 1. The smallest absolute Gasteiger partial charge is 0.319 e. The van der Waals surface area contributed by atoms with E-state index in [-0.39, 0.29) is 11.9 Å². The van der Waals surface area contributed by atoms with Gasteiger partial charge in [-0.2, -0.15) is 0 Å². The minimum Gasteiger partial charge on any atom is -0.493 e. The Kier molecular flexibility index (Phi) is 5.86. The van der Waals surface area contributed by atoms with Crippen molar-refractivity contribution in [1.29, 1.82) is 0 Å². The van der Waals surface area contributed by atoms with Crippen LogP contribution in [0.5, 0.6) is 11.5 Å². The summed E-state index contributed by atoms with van der Waals surface area (Å²) in [7, 11) is 3.22. The lowest BCUT2D eigenvalue weighted by Crippen LogP contribution is -2.50. The molecule has 11 heteroatoms. The Morgan fingerprint density at radius 3 is 2.45 bits per heavy atom. The van der Waals surface area contributed by atoms with Crippen LogP contribution in [0.2, 0.25) is 0 Å². The van der Waals surface area contributed by atoms with Gasteiger partial charge in [-0.3, -0.25) is 9.79 Å². The van der Waals surface area contributed by atoms with E-state index in [1.165, 1.54) is 0 Å². The van der Waals surface area contributed by atoms with Crippen molar-refractivity contribution in [3.8, 4) is 11.5 Å². The molecule has 174 valence electrons. The van der Waals surface area contributed by atoms with E-state index in [9.17, 15) is 4.79 Å². The Balaban J connectivity index is 1.26. The summed E-state index contributed by atoms with van der Waals surface area (Å²) in [5, 5.41) is 14.5. The summed E-state index contributed by atoms with van der Waals surface area (Å²) in [6, 6.07) is 3.97. The molecule has 1 aromatic carbocycles. The molecule has 1 amide bonds. The number of benzene rings is 1. The van der Waals surface area contributed by atoms with Gasteiger partial charge in [0.15, 0.2) is 11.5 Å². The lowest BCUT2D eigenvalue weighted by molar-refractivity contribution is 0.0902.